The van der Waals surface area contributed by atoms with Crippen molar-refractivity contribution in [1.29, 1.82) is 0 Å². The van der Waals surface area contributed by atoms with Gasteiger partial charge < -0.3 is 9.84 Å². The lowest BCUT2D eigenvalue weighted by Crippen LogP contribution is -2.26. The molecule has 0 spiro atoms. The molecule has 2 nitrogen and oxygen atoms in total. The van der Waals surface area contributed by atoms with Crippen molar-refractivity contribution in [2.45, 2.75) is 32.8 Å². The molecule has 0 saturated carbocycles. The van der Waals surface area contributed by atoms with Crippen LogP contribution < -0.4 is 4.74 Å². The van der Waals surface area contributed by atoms with Gasteiger partial charge in [0.1, 0.15) is 11.9 Å². The number of aliphatic hydroxyl groups is 1. The molecular weight excluding hydrogens is 188 g/mol. The van der Waals surface area contributed by atoms with Gasteiger partial charge in [0.25, 0.3) is 0 Å². The molecule has 0 aliphatic carbocycles. The molecule has 0 amide bonds. The van der Waals surface area contributed by atoms with Crippen molar-refractivity contribution < 1.29 is 9.84 Å². The fraction of sp³-hybridized carbons (Fsp3) is 0.538. The van der Waals surface area contributed by atoms with E-state index in [9.17, 15) is 5.11 Å². The van der Waals surface area contributed by atoms with Crippen LogP contribution in [0.2, 0.25) is 0 Å². The maximum atomic E-state index is 9.22. The van der Waals surface area contributed by atoms with Crippen LogP contribution in [-0.2, 0) is 6.42 Å². The third kappa shape index (κ3) is 2.32. The largest absolute Gasteiger partial charge is 0.490 e. The molecular formula is C13H18O2. The van der Waals surface area contributed by atoms with Gasteiger partial charge in [0.2, 0.25) is 0 Å². The Hall–Kier alpha value is -1.02. The average Bonchev–Trinajstić information content (AvgIpc) is 2.58. The molecule has 2 rings (SSSR count). The van der Waals surface area contributed by atoms with Gasteiger partial charge in [-0.1, -0.05) is 32.0 Å². The fourth-order valence-corrected chi connectivity index (χ4v) is 2.05. The zero-order valence-electron chi connectivity index (χ0n) is 9.36. The van der Waals surface area contributed by atoms with Gasteiger partial charge in [-0.25, -0.2) is 0 Å². The summed E-state index contributed by atoms with van der Waals surface area (Å²) in [6, 6.07) is 8.17. The molecule has 0 radical (unpaired) electrons. The van der Waals surface area contributed by atoms with E-state index in [1.807, 2.05) is 18.2 Å². The highest BCUT2D eigenvalue weighted by Gasteiger charge is 2.28. The molecule has 0 aromatic heterocycles. The van der Waals surface area contributed by atoms with E-state index in [0.29, 0.717) is 0 Å². The van der Waals surface area contributed by atoms with Crippen LogP contribution in [0.15, 0.2) is 24.3 Å². The highest BCUT2D eigenvalue weighted by molar-refractivity contribution is 5.37. The monoisotopic (exact) mass is 206 g/mol. The lowest BCUT2D eigenvalue weighted by atomic mass is 9.86. The van der Waals surface area contributed by atoms with Gasteiger partial charge >= 0.3 is 0 Å². The summed E-state index contributed by atoms with van der Waals surface area (Å²) >= 11 is 0. The van der Waals surface area contributed by atoms with Gasteiger partial charge in [0.05, 0.1) is 0 Å². The Morgan fingerprint density at radius 3 is 2.80 bits per heavy atom. The number of fused-ring (bicyclic) bond motifs is 1. The third-order valence-corrected chi connectivity index (χ3v) is 2.92. The molecule has 1 heterocycles. The standard InChI is InChI=1S/C13H18O2/c1-13(2,9-14)8-11-7-10-5-3-4-6-12(10)15-11/h3-6,11,14H,7-9H2,1-2H3. The predicted molar refractivity (Wildman–Crippen MR) is 60.0 cm³/mol. The first-order chi connectivity index (χ1) is 7.11. The normalized spacial score (nSPS) is 19.8. The molecule has 82 valence electrons. The maximum Gasteiger partial charge on any atom is 0.123 e. The lowest BCUT2D eigenvalue weighted by Gasteiger charge is -2.24. The van der Waals surface area contributed by atoms with Crippen molar-refractivity contribution in [2.24, 2.45) is 5.41 Å². The summed E-state index contributed by atoms with van der Waals surface area (Å²) in [5, 5.41) is 9.22. The number of rotatable bonds is 3. The van der Waals surface area contributed by atoms with Crippen LogP contribution in [0, 0.1) is 5.41 Å². The van der Waals surface area contributed by atoms with Gasteiger partial charge in [0, 0.05) is 13.0 Å². The number of para-hydroxylation sites is 1. The number of benzene rings is 1. The number of aliphatic hydroxyl groups excluding tert-OH is 1. The van der Waals surface area contributed by atoms with Crippen molar-refractivity contribution in [2.75, 3.05) is 6.61 Å². The Balaban J connectivity index is 2.02. The summed E-state index contributed by atoms with van der Waals surface area (Å²) < 4.78 is 5.83. The number of hydrogen-bond donors (Lipinski definition) is 1. The molecule has 0 bridgehead atoms. The van der Waals surface area contributed by atoms with Crippen molar-refractivity contribution >= 4 is 0 Å². The van der Waals surface area contributed by atoms with Crippen LogP contribution in [0.3, 0.4) is 0 Å². The molecule has 1 aliphatic heterocycles. The van der Waals surface area contributed by atoms with E-state index in [2.05, 4.69) is 19.9 Å². The zero-order valence-corrected chi connectivity index (χ0v) is 9.36. The van der Waals surface area contributed by atoms with Gasteiger partial charge in [0.15, 0.2) is 0 Å². The van der Waals surface area contributed by atoms with Gasteiger partial charge in [-0.15, -0.1) is 0 Å². The summed E-state index contributed by atoms with van der Waals surface area (Å²) in [7, 11) is 0. The second-order valence-electron chi connectivity index (χ2n) is 5.08. The van der Waals surface area contributed by atoms with Gasteiger partial charge in [-0.2, -0.15) is 0 Å². The third-order valence-electron chi connectivity index (χ3n) is 2.92. The second-order valence-corrected chi connectivity index (χ2v) is 5.08. The highest BCUT2D eigenvalue weighted by Crippen LogP contribution is 2.33. The van der Waals surface area contributed by atoms with E-state index < -0.39 is 0 Å². The quantitative estimate of drug-likeness (QED) is 0.823. The second kappa shape index (κ2) is 3.86. The maximum absolute atomic E-state index is 9.22. The summed E-state index contributed by atoms with van der Waals surface area (Å²) in [5.74, 6) is 1.01. The van der Waals surface area contributed by atoms with Crippen LogP contribution in [-0.4, -0.2) is 17.8 Å². The van der Waals surface area contributed by atoms with Crippen molar-refractivity contribution in [1.82, 2.24) is 0 Å². The molecule has 2 heteroatoms. The zero-order chi connectivity index (χ0) is 10.9. The average molecular weight is 206 g/mol. The smallest absolute Gasteiger partial charge is 0.123 e. The SMILES string of the molecule is CC(C)(CO)CC1Cc2ccccc2O1. The Morgan fingerprint density at radius 2 is 2.13 bits per heavy atom. The Labute approximate surface area is 90.9 Å². The Kier molecular flexibility index (Phi) is 2.70. The summed E-state index contributed by atoms with van der Waals surface area (Å²) in [4.78, 5) is 0. The van der Waals surface area contributed by atoms with Crippen LogP contribution in [0.1, 0.15) is 25.8 Å². The number of hydrogen-bond acceptors (Lipinski definition) is 2. The molecule has 1 aliphatic rings. The molecule has 1 unspecified atom stereocenters. The van der Waals surface area contributed by atoms with Crippen molar-refractivity contribution in [3.05, 3.63) is 29.8 Å². The van der Waals surface area contributed by atoms with E-state index in [-0.39, 0.29) is 18.1 Å². The van der Waals surface area contributed by atoms with Gasteiger partial charge in [-0.05, 0) is 23.5 Å². The van der Waals surface area contributed by atoms with Crippen LogP contribution in [0.25, 0.3) is 0 Å². The van der Waals surface area contributed by atoms with E-state index in [4.69, 9.17) is 4.74 Å². The van der Waals surface area contributed by atoms with Crippen molar-refractivity contribution in [3.8, 4) is 5.75 Å². The fourth-order valence-electron chi connectivity index (χ4n) is 2.05. The van der Waals surface area contributed by atoms with E-state index in [1.54, 1.807) is 0 Å². The van der Waals surface area contributed by atoms with Crippen LogP contribution in [0.5, 0.6) is 5.75 Å². The highest BCUT2D eigenvalue weighted by atomic mass is 16.5. The first kappa shape index (κ1) is 10.5. The summed E-state index contributed by atoms with van der Waals surface area (Å²) in [5.41, 5.74) is 1.24. The molecule has 0 saturated heterocycles. The topological polar surface area (TPSA) is 29.5 Å². The van der Waals surface area contributed by atoms with E-state index in [1.165, 1.54) is 5.56 Å². The predicted octanol–water partition coefficient (Wildman–Crippen LogP) is 2.40. The summed E-state index contributed by atoms with van der Waals surface area (Å²) in [6.45, 7) is 4.35. The molecule has 1 atom stereocenters. The summed E-state index contributed by atoms with van der Waals surface area (Å²) in [6.07, 6.45) is 2.10. The van der Waals surface area contributed by atoms with Gasteiger partial charge in [-0.3, -0.25) is 0 Å². The number of ether oxygens (including phenoxy) is 1. The minimum atomic E-state index is -0.0489. The molecule has 0 fully saturated rings. The molecule has 1 aromatic carbocycles. The first-order valence-electron chi connectivity index (χ1n) is 5.46. The minimum Gasteiger partial charge on any atom is -0.490 e. The molecule has 15 heavy (non-hydrogen) atoms. The van der Waals surface area contributed by atoms with Crippen LogP contribution in [0.4, 0.5) is 0 Å². The van der Waals surface area contributed by atoms with E-state index >= 15 is 0 Å². The van der Waals surface area contributed by atoms with Crippen molar-refractivity contribution in [3.63, 3.8) is 0 Å². The Morgan fingerprint density at radius 1 is 1.40 bits per heavy atom. The minimum absolute atomic E-state index is 0.0489. The van der Waals surface area contributed by atoms with Crippen LogP contribution >= 0.6 is 0 Å². The first-order valence-corrected chi connectivity index (χ1v) is 5.46. The molecule has 1 aromatic rings. The Bertz CT molecular complexity index is 319. The van der Waals surface area contributed by atoms with E-state index in [0.717, 1.165) is 18.6 Å². The molecule has 1 N–H and O–H groups in total. The lowest BCUT2D eigenvalue weighted by molar-refractivity contribution is 0.0964.